The molecule has 0 unspecified atom stereocenters. The molecule has 0 saturated carbocycles. The van der Waals surface area contributed by atoms with Gasteiger partial charge in [-0.3, -0.25) is 0 Å². The Morgan fingerprint density at radius 2 is 1.68 bits per heavy atom. The number of para-hydroxylation sites is 1. The topological polar surface area (TPSA) is 56.7 Å². The Hall–Kier alpha value is -2.46. The van der Waals surface area contributed by atoms with Crippen molar-refractivity contribution >= 4 is 0 Å². The van der Waals surface area contributed by atoms with Crippen LogP contribution in [0, 0.1) is 0 Å². The summed E-state index contributed by atoms with van der Waals surface area (Å²) in [6, 6.07) is 18.0. The summed E-state index contributed by atoms with van der Waals surface area (Å²) < 4.78 is 1.83. The number of nitrogens with zero attached hydrogens (tertiary/aromatic N) is 3. The molecule has 94 valence electrons. The van der Waals surface area contributed by atoms with Gasteiger partial charge in [0.25, 0.3) is 0 Å². The molecule has 0 fully saturated rings. The normalized spacial score (nSPS) is 10.6. The quantitative estimate of drug-likeness (QED) is 0.776. The molecule has 0 amide bonds. The molecule has 0 bridgehead atoms. The zero-order chi connectivity index (χ0) is 13.1. The van der Waals surface area contributed by atoms with E-state index in [1.807, 2.05) is 59.3 Å². The third-order valence-electron chi connectivity index (χ3n) is 3.06. The smallest absolute Gasteiger partial charge is 0.0947 e. The van der Waals surface area contributed by atoms with Crippen molar-refractivity contribution in [1.29, 1.82) is 0 Å². The lowest BCUT2D eigenvalue weighted by atomic mass is 10.1. The fourth-order valence-corrected chi connectivity index (χ4v) is 2.13. The zero-order valence-corrected chi connectivity index (χ0v) is 10.4. The predicted octanol–water partition coefficient (Wildman–Crippen LogP) is 2.39. The van der Waals surface area contributed by atoms with Crippen LogP contribution in [0.4, 0.5) is 0 Å². The lowest BCUT2D eigenvalue weighted by molar-refractivity contribution is 0.807. The lowest BCUT2D eigenvalue weighted by Gasteiger charge is -2.09. The highest BCUT2D eigenvalue weighted by Gasteiger charge is 2.11. The molecule has 2 aromatic carbocycles. The van der Waals surface area contributed by atoms with E-state index in [1.54, 1.807) is 6.20 Å². The number of hydrogen-bond acceptors (Lipinski definition) is 3. The lowest BCUT2D eigenvalue weighted by Crippen LogP contribution is -2.03. The van der Waals surface area contributed by atoms with Gasteiger partial charge in [-0.15, -0.1) is 5.10 Å². The van der Waals surface area contributed by atoms with E-state index in [2.05, 4.69) is 10.3 Å². The van der Waals surface area contributed by atoms with Gasteiger partial charge in [-0.1, -0.05) is 47.7 Å². The highest BCUT2D eigenvalue weighted by Crippen LogP contribution is 2.24. The van der Waals surface area contributed by atoms with Gasteiger partial charge in [0.2, 0.25) is 0 Å². The van der Waals surface area contributed by atoms with E-state index in [0.29, 0.717) is 6.54 Å². The highest BCUT2D eigenvalue weighted by atomic mass is 15.4. The second-order valence-electron chi connectivity index (χ2n) is 4.23. The minimum Gasteiger partial charge on any atom is -0.326 e. The summed E-state index contributed by atoms with van der Waals surface area (Å²) >= 11 is 0. The summed E-state index contributed by atoms with van der Waals surface area (Å²) in [7, 11) is 0. The molecule has 2 N–H and O–H groups in total. The first-order valence-corrected chi connectivity index (χ1v) is 6.14. The molecule has 3 aromatic rings. The molecule has 0 aliphatic rings. The number of hydrogen-bond donors (Lipinski definition) is 1. The van der Waals surface area contributed by atoms with Crippen LogP contribution >= 0.6 is 0 Å². The van der Waals surface area contributed by atoms with Gasteiger partial charge in [-0.2, -0.15) is 0 Å². The third-order valence-corrected chi connectivity index (χ3v) is 3.06. The van der Waals surface area contributed by atoms with Crippen molar-refractivity contribution in [1.82, 2.24) is 15.0 Å². The summed E-state index contributed by atoms with van der Waals surface area (Å²) in [6.07, 6.45) is 1.77. The van der Waals surface area contributed by atoms with Crippen LogP contribution in [-0.4, -0.2) is 15.0 Å². The Kier molecular flexibility index (Phi) is 3.08. The molecule has 0 aliphatic carbocycles. The molecule has 0 aliphatic heterocycles. The van der Waals surface area contributed by atoms with Crippen LogP contribution in [0.25, 0.3) is 16.9 Å². The molecule has 3 rings (SSSR count). The standard InChI is InChI=1S/C15H14N4/c16-10-12-6-4-5-9-14(12)15-11-17-18-19(15)13-7-2-1-3-8-13/h1-9,11H,10,16H2. The van der Waals surface area contributed by atoms with E-state index in [0.717, 1.165) is 22.5 Å². The summed E-state index contributed by atoms with van der Waals surface area (Å²) in [6.45, 7) is 0.496. The Morgan fingerprint density at radius 1 is 0.947 bits per heavy atom. The summed E-state index contributed by atoms with van der Waals surface area (Å²) in [4.78, 5) is 0. The molecule has 1 aromatic heterocycles. The average molecular weight is 250 g/mol. The van der Waals surface area contributed by atoms with Gasteiger partial charge in [0, 0.05) is 12.1 Å². The van der Waals surface area contributed by atoms with Crippen molar-refractivity contribution in [3.05, 3.63) is 66.4 Å². The molecule has 0 spiro atoms. The molecular formula is C15H14N4. The van der Waals surface area contributed by atoms with Crippen LogP contribution in [0.15, 0.2) is 60.8 Å². The monoisotopic (exact) mass is 250 g/mol. The van der Waals surface area contributed by atoms with Gasteiger partial charge < -0.3 is 5.73 Å². The van der Waals surface area contributed by atoms with Crippen LogP contribution in [0.3, 0.4) is 0 Å². The molecule has 0 radical (unpaired) electrons. The number of benzene rings is 2. The van der Waals surface area contributed by atoms with Crippen molar-refractivity contribution in [2.45, 2.75) is 6.54 Å². The van der Waals surface area contributed by atoms with Gasteiger partial charge in [-0.05, 0) is 17.7 Å². The summed E-state index contributed by atoms with van der Waals surface area (Å²) in [5.41, 5.74) is 9.89. The van der Waals surface area contributed by atoms with Crippen molar-refractivity contribution in [2.75, 3.05) is 0 Å². The van der Waals surface area contributed by atoms with Crippen molar-refractivity contribution in [3.63, 3.8) is 0 Å². The fourth-order valence-electron chi connectivity index (χ4n) is 2.13. The van der Waals surface area contributed by atoms with Crippen LogP contribution in [0.5, 0.6) is 0 Å². The third kappa shape index (κ3) is 2.13. The van der Waals surface area contributed by atoms with Crippen molar-refractivity contribution < 1.29 is 0 Å². The Bertz CT molecular complexity index is 673. The van der Waals surface area contributed by atoms with E-state index in [4.69, 9.17) is 5.73 Å². The minimum absolute atomic E-state index is 0.496. The van der Waals surface area contributed by atoms with E-state index in [9.17, 15) is 0 Å². The minimum atomic E-state index is 0.496. The van der Waals surface area contributed by atoms with Crippen molar-refractivity contribution in [3.8, 4) is 16.9 Å². The Labute approximate surface area is 111 Å². The Balaban J connectivity index is 2.15. The predicted molar refractivity (Wildman–Crippen MR) is 74.7 cm³/mol. The largest absolute Gasteiger partial charge is 0.326 e. The second kappa shape index (κ2) is 5.04. The number of rotatable bonds is 3. The van der Waals surface area contributed by atoms with Crippen molar-refractivity contribution in [2.24, 2.45) is 5.73 Å². The average Bonchev–Trinajstić information content (AvgIpc) is 2.97. The summed E-state index contributed by atoms with van der Waals surface area (Å²) in [5.74, 6) is 0. The number of aromatic nitrogens is 3. The Morgan fingerprint density at radius 3 is 2.47 bits per heavy atom. The summed E-state index contributed by atoms with van der Waals surface area (Å²) in [5, 5.41) is 8.19. The van der Waals surface area contributed by atoms with E-state index >= 15 is 0 Å². The second-order valence-corrected chi connectivity index (χ2v) is 4.23. The SMILES string of the molecule is NCc1ccccc1-c1cnnn1-c1ccccc1. The van der Waals surface area contributed by atoms with Gasteiger partial charge in [0.05, 0.1) is 17.6 Å². The van der Waals surface area contributed by atoms with Crippen LogP contribution < -0.4 is 5.73 Å². The fraction of sp³-hybridized carbons (Fsp3) is 0.0667. The first kappa shape index (κ1) is 11.6. The molecule has 4 nitrogen and oxygen atoms in total. The molecule has 1 heterocycles. The maximum absolute atomic E-state index is 5.80. The van der Waals surface area contributed by atoms with E-state index < -0.39 is 0 Å². The molecule has 4 heteroatoms. The van der Waals surface area contributed by atoms with Crippen LogP contribution in [-0.2, 0) is 6.54 Å². The van der Waals surface area contributed by atoms with Crippen LogP contribution in [0.1, 0.15) is 5.56 Å². The highest BCUT2D eigenvalue weighted by molar-refractivity contribution is 5.65. The van der Waals surface area contributed by atoms with Gasteiger partial charge in [0.15, 0.2) is 0 Å². The van der Waals surface area contributed by atoms with Gasteiger partial charge in [-0.25, -0.2) is 4.68 Å². The number of nitrogens with two attached hydrogens (primary N) is 1. The maximum atomic E-state index is 5.80. The first-order valence-electron chi connectivity index (χ1n) is 6.14. The van der Waals surface area contributed by atoms with E-state index in [1.165, 1.54) is 0 Å². The van der Waals surface area contributed by atoms with Crippen LogP contribution in [0.2, 0.25) is 0 Å². The maximum Gasteiger partial charge on any atom is 0.0947 e. The first-order chi connectivity index (χ1) is 9.40. The molecular weight excluding hydrogens is 236 g/mol. The molecule has 0 saturated heterocycles. The van der Waals surface area contributed by atoms with Gasteiger partial charge in [0.1, 0.15) is 0 Å². The molecule has 0 atom stereocenters. The zero-order valence-electron chi connectivity index (χ0n) is 10.4. The van der Waals surface area contributed by atoms with E-state index in [-0.39, 0.29) is 0 Å². The van der Waals surface area contributed by atoms with Gasteiger partial charge >= 0.3 is 0 Å². The molecule has 19 heavy (non-hydrogen) atoms.